The Kier molecular flexibility index (Phi) is 4.53. The van der Waals surface area contributed by atoms with Crippen LogP contribution in [0.4, 0.5) is 0 Å². The molecular formula is C19H24N4O. The van der Waals surface area contributed by atoms with E-state index >= 15 is 0 Å². The van der Waals surface area contributed by atoms with Crippen molar-refractivity contribution in [2.75, 3.05) is 0 Å². The predicted molar refractivity (Wildman–Crippen MR) is 94.2 cm³/mol. The van der Waals surface area contributed by atoms with Crippen molar-refractivity contribution in [3.05, 3.63) is 59.2 Å². The summed E-state index contributed by atoms with van der Waals surface area (Å²) in [6, 6.07) is 11.7. The molecule has 0 fully saturated rings. The molecule has 2 atom stereocenters. The molecule has 1 aromatic heterocycles. The summed E-state index contributed by atoms with van der Waals surface area (Å²) in [7, 11) is 0. The Morgan fingerprint density at radius 1 is 1.17 bits per heavy atom. The van der Waals surface area contributed by atoms with E-state index in [0.29, 0.717) is 11.6 Å². The summed E-state index contributed by atoms with van der Waals surface area (Å²) >= 11 is 0. The first-order chi connectivity index (χ1) is 11.5. The second kappa shape index (κ2) is 6.61. The maximum atomic E-state index is 8.16. The third-order valence-electron chi connectivity index (χ3n) is 4.49. The first-order valence-electron chi connectivity index (χ1n) is 8.34. The highest BCUT2D eigenvalue weighted by atomic mass is 16.5. The highest BCUT2D eigenvalue weighted by Crippen LogP contribution is 2.37. The van der Waals surface area contributed by atoms with Crippen LogP contribution in [-0.4, -0.2) is 10.4 Å². The SMILES string of the molecule is CC(C)C(=N)n1cc(O[C@@H]2CC[C@H](N)c3ccccc32)ccc1=N. The number of pyridine rings is 1. The average Bonchev–Trinajstić information content (AvgIpc) is 2.58. The summed E-state index contributed by atoms with van der Waals surface area (Å²) < 4.78 is 7.77. The van der Waals surface area contributed by atoms with Gasteiger partial charge in [0.1, 0.15) is 23.2 Å². The van der Waals surface area contributed by atoms with Gasteiger partial charge in [0, 0.05) is 12.0 Å². The normalized spacial score (nSPS) is 19.8. The Balaban J connectivity index is 1.90. The van der Waals surface area contributed by atoms with Crippen molar-refractivity contribution in [1.82, 2.24) is 4.57 Å². The molecule has 1 aromatic carbocycles. The molecule has 0 unspecified atom stereocenters. The molecule has 1 aliphatic carbocycles. The quantitative estimate of drug-likeness (QED) is 0.597. The summed E-state index contributed by atoms with van der Waals surface area (Å²) in [4.78, 5) is 0. The fourth-order valence-electron chi connectivity index (χ4n) is 3.10. The molecule has 0 saturated heterocycles. The van der Waals surface area contributed by atoms with Crippen LogP contribution in [0.15, 0.2) is 42.6 Å². The van der Waals surface area contributed by atoms with Crippen LogP contribution in [0.25, 0.3) is 0 Å². The lowest BCUT2D eigenvalue weighted by Gasteiger charge is -2.30. The first kappa shape index (κ1) is 16.5. The Labute approximate surface area is 142 Å². The van der Waals surface area contributed by atoms with Gasteiger partial charge in [-0.1, -0.05) is 38.1 Å². The Bertz CT molecular complexity index is 809. The van der Waals surface area contributed by atoms with Crippen LogP contribution in [0.5, 0.6) is 5.75 Å². The summed E-state index contributed by atoms with van der Waals surface area (Å²) in [6.07, 6.45) is 3.45. The van der Waals surface area contributed by atoms with Crippen LogP contribution in [0.1, 0.15) is 50.0 Å². The predicted octanol–water partition coefficient (Wildman–Crippen LogP) is 3.36. The second-order valence-corrected chi connectivity index (χ2v) is 6.58. The van der Waals surface area contributed by atoms with E-state index in [-0.39, 0.29) is 23.6 Å². The fourth-order valence-corrected chi connectivity index (χ4v) is 3.10. The number of hydrogen-bond donors (Lipinski definition) is 3. The highest BCUT2D eigenvalue weighted by Gasteiger charge is 2.26. The van der Waals surface area contributed by atoms with Crippen molar-refractivity contribution in [3.63, 3.8) is 0 Å². The van der Waals surface area contributed by atoms with Gasteiger partial charge < -0.3 is 10.5 Å². The number of fused-ring (bicyclic) bond motifs is 1. The number of hydrogen-bond acceptors (Lipinski definition) is 4. The van der Waals surface area contributed by atoms with Crippen LogP contribution in [0.2, 0.25) is 0 Å². The van der Waals surface area contributed by atoms with Gasteiger partial charge in [0.05, 0.1) is 6.20 Å². The van der Waals surface area contributed by atoms with E-state index in [1.807, 2.05) is 26.0 Å². The van der Waals surface area contributed by atoms with Crippen molar-refractivity contribution < 1.29 is 4.74 Å². The third kappa shape index (κ3) is 3.12. The summed E-state index contributed by atoms with van der Waals surface area (Å²) in [6.45, 7) is 3.89. The molecule has 3 rings (SSSR count). The van der Waals surface area contributed by atoms with Gasteiger partial charge >= 0.3 is 0 Å². The molecule has 5 heteroatoms. The van der Waals surface area contributed by atoms with Gasteiger partial charge in [-0.3, -0.25) is 15.4 Å². The molecule has 5 nitrogen and oxygen atoms in total. The maximum absolute atomic E-state index is 8.16. The van der Waals surface area contributed by atoms with Crippen LogP contribution in [0, 0.1) is 16.7 Å². The smallest absolute Gasteiger partial charge is 0.137 e. The zero-order valence-corrected chi connectivity index (χ0v) is 14.1. The molecule has 4 N–H and O–H groups in total. The minimum atomic E-state index is -0.0423. The van der Waals surface area contributed by atoms with Crippen LogP contribution in [-0.2, 0) is 0 Å². The van der Waals surface area contributed by atoms with Gasteiger partial charge in [0.25, 0.3) is 0 Å². The van der Waals surface area contributed by atoms with Gasteiger partial charge in [-0.2, -0.15) is 0 Å². The monoisotopic (exact) mass is 324 g/mol. The molecule has 126 valence electrons. The number of nitrogens with one attached hydrogen (secondary N) is 2. The second-order valence-electron chi connectivity index (χ2n) is 6.58. The standard InChI is InChI=1S/C19H24N4O/c1-12(2)19(22)23-11-13(7-10-18(23)21)24-17-9-8-16(20)14-5-3-4-6-15(14)17/h3-7,10-12,16-17,21-22H,8-9,20H2,1-2H3/t16-,17+/m0/s1. The van der Waals surface area contributed by atoms with Crippen molar-refractivity contribution in [2.24, 2.45) is 11.7 Å². The van der Waals surface area contributed by atoms with E-state index < -0.39 is 0 Å². The number of ether oxygens (including phenoxy) is 1. The van der Waals surface area contributed by atoms with E-state index in [1.165, 1.54) is 0 Å². The summed E-state index contributed by atoms with van der Waals surface area (Å²) in [5.41, 5.74) is 8.77. The van der Waals surface area contributed by atoms with Gasteiger partial charge in [-0.05, 0) is 36.1 Å². The van der Waals surface area contributed by atoms with Gasteiger partial charge in [0.2, 0.25) is 0 Å². The average molecular weight is 324 g/mol. The lowest BCUT2D eigenvalue weighted by molar-refractivity contribution is 0.176. The van der Waals surface area contributed by atoms with Gasteiger partial charge in [-0.15, -0.1) is 0 Å². The Morgan fingerprint density at radius 2 is 1.88 bits per heavy atom. The number of benzene rings is 1. The number of nitrogens with two attached hydrogens (primary N) is 1. The first-order valence-corrected chi connectivity index (χ1v) is 8.34. The topological polar surface area (TPSA) is 87.9 Å². The third-order valence-corrected chi connectivity index (χ3v) is 4.49. The van der Waals surface area contributed by atoms with E-state index in [9.17, 15) is 0 Å². The zero-order valence-electron chi connectivity index (χ0n) is 14.1. The lowest BCUT2D eigenvalue weighted by Crippen LogP contribution is -2.29. The zero-order chi connectivity index (χ0) is 17.3. The molecule has 0 spiro atoms. The molecule has 0 saturated carbocycles. The number of aromatic nitrogens is 1. The molecule has 0 aliphatic heterocycles. The minimum Gasteiger partial charge on any atom is -0.484 e. The molecule has 1 aliphatic rings. The van der Waals surface area contributed by atoms with Crippen molar-refractivity contribution in [2.45, 2.75) is 38.8 Å². The fraction of sp³-hybridized carbons (Fsp3) is 0.368. The van der Waals surface area contributed by atoms with E-state index in [4.69, 9.17) is 21.3 Å². The van der Waals surface area contributed by atoms with E-state index in [2.05, 4.69) is 12.1 Å². The summed E-state index contributed by atoms with van der Waals surface area (Å²) in [5, 5.41) is 16.2. The van der Waals surface area contributed by atoms with Crippen LogP contribution < -0.4 is 16.0 Å². The van der Waals surface area contributed by atoms with E-state index in [1.54, 1.807) is 22.9 Å². The van der Waals surface area contributed by atoms with E-state index in [0.717, 1.165) is 24.0 Å². The van der Waals surface area contributed by atoms with Gasteiger partial charge in [0.15, 0.2) is 0 Å². The van der Waals surface area contributed by atoms with Crippen molar-refractivity contribution in [1.29, 1.82) is 10.8 Å². The lowest BCUT2D eigenvalue weighted by atomic mass is 9.86. The number of nitrogens with zero attached hydrogens (tertiary/aromatic N) is 1. The largest absolute Gasteiger partial charge is 0.484 e. The molecular weight excluding hydrogens is 300 g/mol. The summed E-state index contributed by atoms with van der Waals surface area (Å²) in [5.74, 6) is 1.10. The molecule has 24 heavy (non-hydrogen) atoms. The van der Waals surface area contributed by atoms with Crippen LogP contribution in [0.3, 0.4) is 0 Å². The van der Waals surface area contributed by atoms with Crippen molar-refractivity contribution >= 4 is 5.84 Å². The minimum absolute atomic E-state index is 0.0423. The van der Waals surface area contributed by atoms with Crippen LogP contribution >= 0.6 is 0 Å². The Hall–Kier alpha value is -2.40. The highest BCUT2D eigenvalue weighted by molar-refractivity contribution is 5.83. The molecule has 1 heterocycles. The van der Waals surface area contributed by atoms with Crippen molar-refractivity contribution in [3.8, 4) is 5.75 Å². The molecule has 0 bridgehead atoms. The molecule has 2 aromatic rings. The molecule has 0 radical (unpaired) electrons. The maximum Gasteiger partial charge on any atom is 0.137 e. The molecule has 0 amide bonds. The number of rotatable bonds is 3. The Morgan fingerprint density at radius 3 is 2.58 bits per heavy atom. The van der Waals surface area contributed by atoms with Gasteiger partial charge in [-0.25, -0.2) is 0 Å².